The highest BCUT2D eigenvalue weighted by molar-refractivity contribution is 6.30. The average molecular weight is 471 g/mol. The van der Waals surface area contributed by atoms with Crippen molar-refractivity contribution in [2.75, 3.05) is 26.7 Å². The maximum atomic E-state index is 9.17. The molecule has 1 aliphatic heterocycles. The number of pyridine rings is 1. The largest absolute Gasteiger partial charge is 0.497 e. The summed E-state index contributed by atoms with van der Waals surface area (Å²) in [6.45, 7) is 3.84. The number of likely N-dealkylation sites (tertiary alicyclic amines) is 1. The van der Waals surface area contributed by atoms with E-state index in [2.05, 4.69) is 51.0 Å². The van der Waals surface area contributed by atoms with Crippen molar-refractivity contribution in [3.8, 4) is 34.1 Å². The fraction of sp³-hybridized carbons (Fsp3) is 0.286. The van der Waals surface area contributed by atoms with Crippen LogP contribution in [0, 0.1) is 17.2 Å². The number of halogens is 1. The fourth-order valence-electron chi connectivity index (χ4n) is 4.77. The van der Waals surface area contributed by atoms with Gasteiger partial charge in [0.05, 0.1) is 13.2 Å². The number of piperidine rings is 1. The van der Waals surface area contributed by atoms with E-state index in [1.54, 1.807) is 7.11 Å². The van der Waals surface area contributed by atoms with E-state index in [4.69, 9.17) is 21.6 Å². The van der Waals surface area contributed by atoms with E-state index in [1.807, 2.05) is 36.7 Å². The third-order valence-corrected chi connectivity index (χ3v) is 6.96. The third kappa shape index (κ3) is 4.65. The zero-order valence-electron chi connectivity index (χ0n) is 19.2. The second kappa shape index (κ2) is 9.89. The zero-order chi connectivity index (χ0) is 23.5. The number of ether oxygens (including phenoxy) is 1. The molecule has 2 aromatic carbocycles. The first-order chi connectivity index (χ1) is 16.6. The van der Waals surface area contributed by atoms with Crippen molar-refractivity contribution in [3.63, 3.8) is 0 Å². The Labute approximate surface area is 205 Å². The van der Waals surface area contributed by atoms with Gasteiger partial charge in [-0.25, -0.2) is 0 Å². The van der Waals surface area contributed by atoms with E-state index in [0.29, 0.717) is 5.02 Å². The van der Waals surface area contributed by atoms with Crippen molar-refractivity contribution < 1.29 is 4.74 Å². The number of benzene rings is 2. The summed E-state index contributed by atoms with van der Waals surface area (Å²) in [6, 6.07) is 18.7. The molecule has 34 heavy (non-hydrogen) atoms. The first kappa shape index (κ1) is 22.5. The minimum atomic E-state index is 0.210. The molecule has 0 atom stereocenters. The highest BCUT2D eigenvalue weighted by Crippen LogP contribution is 2.35. The second-order valence-corrected chi connectivity index (χ2v) is 9.27. The van der Waals surface area contributed by atoms with Crippen LogP contribution in [0.3, 0.4) is 0 Å². The van der Waals surface area contributed by atoms with Gasteiger partial charge in [-0.05, 0) is 67.9 Å². The Morgan fingerprint density at radius 3 is 2.62 bits per heavy atom. The fourth-order valence-corrected chi connectivity index (χ4v) is 4.96. The first-order valence-electron chi connectivity index (χ1n) is 11.6. The van der Waals surface area contributed by atoms with Gasteiger partial charge in [0.1, 0.15) is 5.75 Å². The normalized spacial score (nSPS) is 14.9. The van der Waals surface area contributed by atoms with Gasteiger partial charge in [0.2, 0.25) is 0 Å². The summed E-state index contributed by atoms with van der Waals surface area (Å²) in [7, 11) is 1.70. The standard InChI is InChI=1S/C28H27ClN4O/c1-34-25-5-6-28-26(15-25)27(19-33(28)12-11-32-9-7-20(16-30)8-10-32)23-13-22(17-31-18-23)21-3-2-4-24(29)14-21/h2-6,13-15,17-20H,7-12H2,1H3. The van der Waals surface area contributed by atoms with Gasteiger partial charge in [-0.3, -0.25) is 4.98 Å². The number of rotatable bonds is 6. The van der Waals surface area contributed by atoms with Gasteiger partial charge in [0, 0.05) is 70.2 Å². The molecule has 3 heterocycles. The molecule has 0 amide bonds. The van der Waals surface area contributed by atoms with Crippen LogP contribution in [-0.4, -0.2) is 41.2 Å². The molecule has 6 heteroatoms. The van der Waals surface area contributed by atoms with Gasteiger partial charge in [-0.2, -0.15) is 5.26 Å². The summed E-state index contributed by atoms with van der Waals surface area (Å²) >= 11 is 6.22. The van der Waals surface area contributed by atoms with Gasteiger partial charge in [-0.1, -0.05) is 23.7 Å². The smallest absolute Gasteiger partial charge is 0.119 e. The molecule has 0 bridgehead atoms. The quantitative estimate of drug-likeness (QED) is 0.333. The lowest BCUT2D eigenvalue weighted by Gasteiger charge is -2.29. The molecular weight excluding hydrogens is 444 g/mol. The highest BCUT2D eigenvalue weighted by Gasteiger charge is 2.19. The van der Waals surface area contributed by atoms with Crippen LogP contribution in [0.5, 0.6) is 5.75 Å². The Balaban J connectivity index is 1.48. The van der Waals surface area contributed by atoms with Crippen molar-refractivity contribution in [3.05, 3.63) is 72.1 Å². The summed E-state index contributed by atoms with van der Waals surface area (Å²) in [5.41, 5.74) is 5.45. The van der Waals surface area contributed by atoms with Gasteiger partial charge in [0.15, 0.2) is 0 Å². The second-order valence-electron chi connectivity index (χ2n) is 8.84. The summed E-state index contributed by atoms with van der Waals surface area (Å²) < 4.78 is 7.86. The van der Waals surface area contributed by atoms with Crippen molar-refractivity contribution in [1.29, 1.82) is 5.26 Å². The van der Waals surface area contributed by atoms with E-state index in [0.717, 1.165) is 72.4 Å². The predicted octanol–water partition coefficient (Wildman–Crippen LogP) is 6.27. The molecule has 0 spiro atoms. The number of nitriles is 1. The molecule has 1 aliphatic rings. The van der Waals surface area contributed by atoms with E-state index in [9.17, 15) is 0 Å². The lowest BCUT2D eigenvalue weighted by Crippen LogP contribution is -2.35. The van der Waals surface area contributed by atoms with E-state index >= 15 is 0 Å². The zero-order valence-corrected chi connectivity index (χ0v) is 20.0. The summed E-state index contributed by atoms with van der Waals surface area (Å²) in [5.74, 6) is 1.05. The molecule has 4 aromatic rings. The van der Waals surface area contributed by atoms with Gasteiger partial charge in [0.25, 0.3) is 0 Å². The van der Waals surface area contributed by atoms with Crippen molar-refractivity contribution in [2.24, 2.45) is 5.92 Å². The summed E-state index contributed by atoms with van der Waals surface area (Å²) in [4.78, 5) is 7.00. The molecular formula is C28H27ClN4O. The minimum absolute atomic E-state index is 0.210. The Morgan fingerprint density at radius 2 is 1.85 bits per heavy atom. The number of fused-ring (bicyclic) bond motifs is 1. The maximum absolute atomic E-state index is 9.17. The Hall–Kier alpha value is -3.33. The summed E-state index contributed by atoms with van der Waals surface area (Å²) in [6.07, 6.45) is 7.95. The molecule has 2 aromatic heterocycles. The van der Waals surface area contributed by atoms with Crippen LogP contribution < -0.4 is 4.74 Å². The number of aromatic nitrogens is 2. The van der Waals surface area contributed by atoms with Crippen molar-refractivity contribution in [2.45, 2.75) is 19.4 Å². The topological polar surface area (TPSA) is 54.1 Å². The monoisotopic (exact) mass is 470 g/mol. The van der Waals surface area contributed by atoms with Gasteiger partial charge >= 0.3 is 0 Å². The predicted molar refractivity (Wildman–Crippen MR) is 137 cm³/mol. The van der Waals surface area contributed by atoms with Crippen LogP contribution in [-0.2, 0) is 6.54 Å². The van der Waals surface area contributed by atoms with Crippen LogP contribution in [0.2, 0.25) is 5.02 Å². The summed E-state index contributed by atoms with van der Waals surface area (Å²) in [5, 5.41) is 11.0. The molecule has 5 nitrogen and oxygen atoms in total. The Morgan fingerprint density at radius 1 is 1.03 bits per heavy atom. The number of nitrogens with zero attached hydrogens (tertiary/aromatic N) is 4. The Bertz CT molecular complexity index is 1350. The lowest BCUT2D eigenvalue weighted by atomic mass is 9.99. The van der Waals surface area contributed by atoms with E-state index in [1.165, 1.54) is 5.52 Å². The van der Waals surface area contributed by atoms with Crippen LogP contribution in [0.15, 0.2) is 67.1 Å². The van der Waals surface area contributed by atoms with Gasteiger partial charge in [-0.15, -0.1) is 0 Å². The van der Waals surface area contributed by atoms with Crippen molar-refractivity contribution in [1.82, 2.24) is 14.5 Å². The lowest BCUT2D eigenvalue weighted by molar-refractivity contribution is 0.200. The molecule has 1 saturated heterocycles. The Kier molecular flexibility index (Phi) is 6.53. The molecule has 0 unspecified atom stereocenters. The van der Waals surface area contributed by atoms with Crippen molar-refractivity contribution >= 4 is 22.5 Å². The maximum Gasteiger partial charge on any atom is 0.119 e. The highest BCUT2D eigenvalue weighted by atomic mass is 35.5. The van der Waals surface area contributed by atoms with E-state index < -0.39 is 0 Å². The number of methoxy groups -OCH3 is 1. The average Bonchev–Trinajstić information content (AvgIpc) is 3.25. The van der Waals surface area contributed by atoms with Crippen LogP contribution in [0.4, 0.5) is 0 Å². The molecule has 0 N–H and O–H groups in total. The molecule has 0 aliphatic carbocycles. The molecule has 172 valence electrons. The van der Waals surface area contributed by atoms with E-state index in [-0.39, 0.29) is 5.92 Å². The molecule has 0 saturated carbocycles. The molecule has 1 fully saturated rings. The van der Waals surface area contributed by atoms with Crippen LogP contribution >= 0.6 is 11.6 Å². The first-order valence-corrected chi connectivity index (χ1v) is 12.0. The minimum Gasteiger partial charge on any atom is -0.497 e. The number of hydrogen-bond donors (Lipinski definition) is 0. The molecule has 0 radical (unpaired) electrons. The van der Waals surface area contributed by atoms with Crippen LogP contribution in [0.1, 0.15) is 12.8 Å². The third-order valence-electron chi connectivity index (χ3n) is 6.72. The SMILES string of the molecule is COc1ccc2c(c1)c(-c1cncc(-c3cccc(Cl)c3)c1)cn2CCN1CCC(C#N)CC1. The van der Waals surface area contributed by atoms with Gasteiger partial charge < -0.3 is 14.2 Å². The number of hydrogen-bond acceptors (Lipinski definition) is 4. The molecule has 5 rings (SSSR count). The van der Waals surface area contributed by atoms with Crippen LogP contribution in [0.25, 0.3) is 33.2 Å².